The van der Waals surface area contributed by atoms with Crippen molar-refractivity contribution in [3.63, 3.8) is 0 Å². The standard InChI is InChI=1S/C24H22ClFN2O5/c1-4-31-24(29)20-13(2)33-23(28)15(11-27)21(20)14-7-5-10-19(30-3)22(14)32-12-16-17(25)8-6-9-18(16)26/h5-10,21H,4,12,28H2,1-3H3. The lowest BCUT2D eigenvalue weighted by atomic mass is 9.82. The summed E-state index contributed by atoms with van der Waals surface area (Å²) >= 11 is 6.14. The van der Waals surface area contributed by atoms with Gasteiger partial charge in [0, 0.05) is 11.1 Å². The van der Waals surface area contributed by atoms with E-state index in [9.17, 15) is 14.4 Å². The van der Waals surface area contributed by atoms with Gasteiger partial charge in [0.25, 0.3) is 0 Å². The van der Waals surface area contributed by atoms with Crippen molar-refractivity contribution in [2.45, 2.75) is 26.4 Å². The van der Waals surface area contributed by atoms with Gasteiger partial charge in [0.05, 0.1) is 30.2 Å². The Morgan fingerprint density at radius 2 is 2.03 bits per heavy atom. The number of esters is 1. The summed E-state index contributed by atoms with van der Waals surface area (Å²) < 4.78 is 36.4. The maximum atomic E-state index is 14.3. The monoisotopic (exact) mass is 472 g/mol. The van der Waals surface area contributed by atoms with Crippen molar-refractivity contribution in [2.24, 2.45) is 5.73 Å². The van der Waals surface area contributed by atoms with Gasteiger partial charge in [0.2, 0.25) is 5.88 Å². The number of rotatable bonds is 7. The number of carbonyl (C=O) groups excluding carboxylic acids is 1. The highest BCUT2D eigenvalue weighted by Crippen LogP contribution is 2.46. The second-order valence-corrected chi connectivity index (χ2v) is 7.39. The molecule has 172 valence electrons. The van der Waals surface area contributed by atoms with Gasteiger partial charge in [-0.15, -0.1) is 0 Å². The van der Waals surface area contributed by atoms with Crippen LogP contribution in [-0.4, -0.2) is 19.7 Å². The zero-order chi connectivity index (χ0) is 24.1. The quantitative estimate of drug-likeness (QED) is 0.582. The third-order valence-electron chi connectivity index (χ3n) is 5.06. The van der Waals surface area contributed by atoms with E-state index in [1.54, 1.807) is 38.1 Å². The number of methoxy groups -OCH3 is 1. The number of hydrogen-bond acceptors (Lipinski definition) is 7. The van der Waals surface area contributed by atoms with Crippen LogP contribution < -0.4 is 15.2 Å². The molecule has 0 bridgehead atoms. The smallest absolute Gasteiger partial charge is 0.338 e. The van der Waals surface area contributed by atoms with Crippen molar-refractivity contribution in [1.29, 1.82) is 5.26 Å². The fourth-order valence-corrected chi connectivity index (χ4v) is 3.77. The second-order valence-electron chi connectivity index (χ2n) is 6.98. The van der Waals surface area contributed by atoms with Crippen molar-refractivity contribution in [3.05, 3.63) is 81.2 Å². The maximum Gasteiger partial charge on any atom is 0.338 e. The highest BCUT2D eigenvalue weighted by atomic mass is 35.5. The largest absolute Gasteiger partial charge is 0.493 e. The molecule has 0 aliphatic carbocycles. The van der Waals surface area contributed by atoms with E-state index in [4.69, 9.17) is 36.3 Å². The molecule has 1 aliphatic heterocycles. The van der Waals surface area contributed by atoms with E-state index >= 15 is 0 Å². The molecule has 0 amide bonds. The zero-order valence-electron chi connectivity index (χ0n) is 18.3. The summed E-state index contributed by atoms with van der Waals surface area (Å²) in [4.78, 5) is 12.8. The molecule has 1 unspecified atom stereocenters. The summed E-state index contributed by atoms with van der Waals surface area (Å²) in [6, 6.07) is 11.3. The molecule has 1 atom stereocenters. The van der Waals surface area contributed by atoms with Crippen LogP contribution >= 0.6 is 11.6 Å². The first-order valence-electron chi connectivity index (χ1n) is 10.0. The first-order valence-corrected chi connectivity index (χ1v) is 10.4. The maximum absolute atomic E-state index is 14.3. The summed E-state index contributed by atoms with van der Waals surface area (Å²) in [5, 5.41) is 10.0. The number of allylic oxidation sites excluding steroid dienone is 2. The van der Waals surface area contributed by atoms with E-state index < -0.39 is 17.7 Å². The number of hydrogen-bond donors (Lipinski definition) is 1. The first-order chi connectivity index (χ1) is 15.8. The van der Waals surface area contributed by atoms with Crippen LogP contribution in [0.3, 0.4) is 0 Å². The number of nitrogens with two attached hydrogens (primary N) is 1. The number of ether oxygens (including phenoxy) is 4. The molecule has 0 spiro atoms. The van der Waals surface area contributed by atoms with Gasteiger partial charge in [0.1, 0.15) is 29.8 Å². The molecule has 2 aromatic carbocycles. The summed E-state index contributed by atoms with van der Waals surface area (Å²) in [6.45, 7) is 3.12. The van der Waals surface area contributed by atoms with Crippen LogP contribution in [0.4, 0.5) is 4.39 Å². The van der Waals surface area contributed by atoms with E-state index in [1.807, 2.05) is 6.07 Å². The van der Waals surface area contributed by atoms with Gasteiger partial charge < -0.3 is 24.7 Å². The lowest BCUT2D eigenvalue weighted by molar-refractivity contribution is -0.139. The Kier molecular flexibility index (Phi) is 7.46. The van der Waals surface area contributed by atoms with Gasteiger partial charge in [-0.05, 0) is 32.0 Å². The molecule has 0 fully saturated rings. The molecule has 1 aliphatic rings. The SMILES string of the molecule is CCOC(=O)C1=C(C)OC(N)=C(C#N)C1c1cccc(OC)c1OCc1c(F)cccc1Cl. The Bertz CT molecular complexity index is 1170. The molecule has 33 heavy (non-hydrogen) atoms. The molecule has 0 aromatic heterocycles. The molecular weight excluding hydrogens is 451 g/mol. The normalized spacial score (nSPS) is 15.6. The Labute approximate surface area is 195 Å². The Morgan fingerprint density at radius 3 is 2.67 bits per heavy atom. The molecule has 0 saturated heterocycles. The molecule has 0 radical (unpaired) electrons. The second kappa shape index (κ2) is 10.3. The van der Waals surface area contributed by atoms with Crippen molar-refractivity contribution in [3.8, 4) is 17.6 Å². The molecule has 7 nitrogen and oxygen atoms in total. The average Bonchev–Trinajstić information content (AvgIpc) is 2.78. The minimum absolute atomic E-state index is 0.00526. The Morgan fingerprint density at radius 1 is 1.30 bits per heavy atom. The topological polar surface area (TPSA) is 104 Å². The van der Waals surface area contributed by atoms with E-state index in [0.717, 1.165) is 0 Å². The van der Waals surface area contributed by atoms with Crippen LogP contribution in [-0.2, 0) is 20.9 Å². The lowest BCUT2D eigenvalue weighted by Crippen LogP contribution is -2.26. The van der Waals surface area contributed by atoms with E-state index in [-0.39, 0.29) is 52.3 Å². The van der Waals surface area contributed by atoms with Crippen molar-refractivity contribution < 1.29 is 28.1 Å². The fraction of sp³-hybridized carbons (Fsp3) is 0.250. The van der Waals surface area contributed by atoms with Crippen LogP contribution in [0, 0.1) is 17.1 Å². The van der Waals surface area contributed by atoms with Crippen molar-refractivity contribution >= 4 is 17.6 Å². The number of carbonyl (C=O) groups is 1. The first kappa shape index (κ1) is 24.0. The third-order valence-corrected chi connectivity index (χ3v) is 5.42. The van der Waals surface area contributed by atoms with E-state index in [0.29, 0.717) is 11.3 Å². The highest BCUT2D eigenvalue weighted by molar-refractivity contribution is 6.31. The highest BCUT2D eigenvalue weighted by Gasteiger charge is 2.38. The van der Waals surface area contributed by atoms with Crippen LogP contribution in [0.2, 0.25) is 5.02 Å². The zero-order valence-corrected chi connectivity index (χ0v) is 19.0. The molecule has 3 rings (SSSR count). The molecule has 1 heterocycles. The van der Waals surface area contributed by atoms with Crippen LogP contribution in [0.1, 0.15) is 30.9 Å². The Hall–Kier alpha value is -3.70. The minimum Gasteiger partial charge on any atom is -0.493 e. The Balaban J connectivity index is 2.16. The van der Waals surface area contributed by atoms with E-state index in [2.05, 4.69) is 0 Å². The number of nitriles is 1. The predicted octanol–water partition coefficient (Wildman–Crippen LogP) is 4.71. The number of nitrogens with zero attached hydrogens (tertiary/aromatic N) is 1. The molecule has 2 N–H and O–H groups in total. The average molecular weight is 473 g/mol. The van der Waals surface area contributed by atoms with Gasteiger partial charge in [-0.1, -0.05) is 29.8 Å². The number of benzene rings is 2. The molecule has 9 heteroatoms. The van der Waals surface area contributed by atoms with Crippen molar-refractivity contribution in [2.75, 3.05) is 13.7 Å². The molecule has 2 aromatic rings. The predicted molar refractivity (Wildman–Crippen MR) is 119 cm³/mol. The summed E-state index contributed by atoms with van der Waals surface area (Å²) in [6.07, 6.45) is 0. The number of halogens is 2. The minimum atomic E-state index is -0.955. The van der Waals surface area contributed by atoms with Gasteiger partial charge in [-0.3, -0.25) is 0 Å². The van der Waals surface area contributed by atoms with Crippen LogP contribution in [0.25, 0.3) is 0 Å². The van der Waals surface area contributed by atoms with Gasteiger partial charge >= 0.3 is 5.97 Å². The van der Waals surface area contributed by atoms with Crippen LogP contribution in [0.5, 0.6) is 11.5 Å². The van der Waals surface area contributed by atoms with Gasteiger partial charge in [-0.25, -0.2) is 9.18 Å². The third kappa shape index (κ3) is 4.73. The molecule has 0 saturated carbocycles. The van der Waals surface area contributed by atoms with Crippen LogP contribution in [0.15, 0.2) is 59.2 Å². The summed E-state index contributed by atoms with van der Waals surface area (Å²) in [7, 11) is 1.44. The lowest BCUT2D eigenvalue weighted by Gasteiger charge is -2.28. The van der Waals surface area contributed by atoms with Gasteiger partial charge in [-0.2, -0.15) is 5.26 Å². The summed E-state index contributed by atoms with van der Waals surface area (Å²) in [5.41, 5.74) is 6.63. The number of para-hydroxylation sites is 1. The molecular formula is C24H22ClFN2O5. The van der Waals surface area contributed by atoms with E-state index in [1.165, 1.54) is 19.2 Å². The van der Waals surface area contributed by atoms with Gasteiger partial charge in [0.15, 0.2) is 11.5 Å². The fourth-order valence-electron chi connectivity index (χ4n) is 3.56. The summed E-state index contributed by atoms with van der Waals surface area (Å²) in [5.74, 6) is -1.59. The van der Waals surface area contributed by atoms with Crippen molar-refractivity contribution in [1.82, 2.24) is 0 Å².